The summed E-state index contributed by atoms with van der Waals surface area (Å²) < 4.78 is 0. The molecule has 0 spiro atoms. The van der Waals surface area contributed by atoms with E-state index in [1.54, 1.807) is 0 Å². The Morgan fingerprint density at radius 1 is 1.43 bits per heavy atom. The van der Waals surface area contributed by atoms with Crippen LogP contribution in [0.3, 0.4) is 0 Å². The van der Waals surface area contributed by atoms with Crippen molar-refractivity contribution in [3.05, 3.63) is 0 Å². The minimum Gasteiger partial charge on any atom is -0.390 e. The van der Waals surface area contributed by atoms with E-state index in [0.717, 1.165) is 38.9 Å². The number of aliphatic hydroxyl groups is 1. The molecule has 14 heavy (non-hydrogen) atoms. The molecule has 3 N–H and O–H groups in total. The summed E-state index contributed by atoms with van der Waals surface area (Å²) in [6.07, 6.45) is 2.87. The fourth-order valence-electron chi connectivity index (χ4n) is 2.23. The first kappa shape index (κ1) is 12.0. The Morgan fingerprint density at radius 3 is 2.71 bits per heavy atom. The van der Waals surface area contributed by atoms with Crippen LogP contribution in [0.4, 0.5) is 0 Å². The second-order valence-electron chi connectivity index (χ2n) is 4.53. The molecule has 3 nitrogen and oxygen atoms in total. The molecule has 0 aromatic rings. The van der Waals surface area contributed by atoms with Crippen LogP contribution in [0.1, 0.15) is 33.1 Å². The van der Waals surface area contributed by atoms with Gasteiger partial charge in [0.15, 0.2) is 0 Å². The monoisotopic (exact) mass is 200 g/mol. The van der Waals surface area contributed by atoms with Crippen LogP contribution in [0.5, 0.6) is 0 Å². The van der Waals surface area contributed by atoms with E-state index in [9.17, 15) is 5.11 Å². The summed E-state index contributed by atoms with van der Waals surface area (Å²) in [7, 11) is 0. The molecular formula is C11H24N2O. The average molecular weight is 200 g/mol. The number of hydrogen-bond acceptors (Lipinski definition) is 3. The Labute approximate surface area is 87.3 Å². The highest BCUT2D eigenvalue weighted by atomic mass is 16.3. The standard InChI is InChI=1S/C11H24N2O/c1-3-13-7-4-5-11(14,6-8-13)10(2)9-12/h10,14H,3-9,12H2,1-2H3. The van der Waals surface area contributed by atoms with E-state index in [0.29, 0.717) is 6.54 Å². The lowest BCUT2D eigenvalue weighted by molar-refractivity contribution is -0.0212. The minimum atomic E-state index is -0.515. The molecule has 1 aliphatic heterocycles. The number of nitrogens with zero attached hydrogens (tertiary/aromatic N) is 1. The summed E-state index contributed by atoms with van der Waals surface area (Å²) in [6, 6.07) is 0. The van der Waals surface area contributed by atoms with Crippen molar-refractivity contribution in [1.29, 1.82) is 0 Å². The Morgan fingerprint density at radius 2 is 2.14 bits per heavy atom. The van der Waals surface area contributed by atoms with Gasteiger partial charge in [0.25, 0.3) is 0 Å². The summed E-state index contributed by atoms with van der Waals surface area (Å²) in [5.41, 5.74) is 5.12. The summed E-state index contributed by atoms with van der Waals surface area (Å²) in [5.74, 6) is 0.222. The molecule has 84 valence electrons. The fourth-order valence-corrected chi connectivity index (χ4v) is 2.23. The lowest BCUT2D eigenvalue weighted by Crippen LogP contribution is -2.41. The Balaban J connectivity index is 2.55. The van der Waals surface area contributed by atoms with Crippen molar-refractivity contribution < 1.29 is 5.11 Å². The smallest absolute Gasteiger partial charge is 0.0697 e. The molecule has 0 aromatic carbocycles. The summed E-state index contributed by atoms with van der Waals surface area (Å²) in [5, 5.41) is 10.4. The van der Waals surface area contributed by atoms with E-state index < -0.39 is 5.60 Å². The van der Waals surface area contributed by atoms with E-state index in [2.05, 4.69) is 18.7 Å². The zero-order chi connectivity index (χ0) is 10.6. The zero-order valence-electron chi connectivity index (χ0n) is 9.50. The first-order valence-corrected chi connectivity index (χ1v) is 5.77. The molecular weight excluding hydrogens is 176 g/mol. The van der Waals surface area contributed by atoms with Crippen LogP contribution in [0.25, 0.3) is 0 Å². The molecule has 0 aliphatic carbocycles. The van der Waals surface area contributed by atoms with Crippen LogP contribution < -0.4 is 5.73 Å². The molecule has 1 aliphatic rings. The topological polar surface area (TPSA) is 49.5 Å². The third-order valence-electron chi connectivity index (χ3n) is 3.66. The van der Waals surface area contributed by atoms with Gasteiger partial charge in [-0.15, -0.1) is 0 Å². The normalized spacial score (nSPS) is 32.6. The van der Waals surface area contributed by atoms with Crippen LogP contribution in [-0.2, 0) is 0 Å². The second kappa shape index (κ2) is 5.10. The zero-order valence-corrected chi connectivity index (χ0v) is 9.50. The lowest BCUT2D eigenvalue weighted by Gasteiger charge is -2.32. The van der Waals surface area contributed by atoms with Crippen molar-refractivity contribution in [2.75, 3.05) is 26.2 Å². The van der Waals surface area contributed by atoms with Crippen molar-refractivity contribution >= 4 is 0 Å². The van der Waals surface area contributed by atoms with Crippen LogP contribution >= 0.6 is 0 Å². The number of nitrogens with two attached hydrogens (primary N) is 1. The molecule has 0 amide bonds. The van der Waals surface area contributed by atoms with Gasteiger partial charge in [-0.3, -0.25) is 0 Å². The van der Waals surface area contributed by atoms with E-state index in [1.165, 1.54) is 0 Å². The molecule has 1 saturated heterocycles. The molecule has 2 atom stereocenters. The van der Waals surface area contributed by atoms with Crippen molar-refractivity contribution in [2.45, 2.75) is 38.7 Å². The van der Waals surface area contributed by atoms with Gasteiger partial charge in [0.1, 0.15) is 0 Å². The first-order chi connectivity index (χ1) is 6.62. The summed E-state index contributed by atoms with van der Waals surface area (Å²) in [4.78, 5) is 2.40. The number of rotatable bonds is 3. The van der Waals surface area contributed by atoms with Crippen molar-refractivity contribution in [2.24, 2.45) is 11.7 Å². The van der Waals surface area contributed by atoms with Gasteiger partial charge in [-0.2, -0.15) is 0 Å². The predicted molar refractivity (Wildman–Crippen MR) is 59.1 cm³/mol. The maximum atomic E-state index is 10.4. The fraction of sp³-hybridized carbons (Fsp3) is 1.00. The maximum Gasteiger partial charge on any atom is 0.0697 e. The SMILES string of the molecule is CCN1CCCC(O)(C(C)CN)CC1. The van der Waals surface area contributed by atoms with E-state index >= 15 is 0 Å². The molecule has 1 heterocycles. The Bertz CT molecular complexity index is 175. The molecule has 0 saturated carbocycles. The first-order valence-electron chi connectivity index (χ1n) is 5.77. The van der Waals surface area contributed by atoms with E-state index in [1.807, 2.05) is 0 Å². The number of hydrogen-bond donors (Lipinski definition) is 2. The Kier molecular flexibility index (Phi) is 4.35. The molecule has 1 fully saturated rings. The highest BCUT2D eigenvalue weighted by Crippen LogP contribution is 2.29. The van der Waals surface area contributed by atoms with Gasteiger partial charge >= 0.3 is 0 Å². The van der Waals surface area contributed by atoms with Gasteiger partial charge in [0.2, 0.25) is 0 Å². The van der Waals surface area contributed by atoms with Crippen LogP contribution in [0.15, 0.2) is 0 Å². The molecule has 1 rings (SSSR count). The largest absolute Gasteiger partial charge is 0.390 e. The van der Waals surface area contributed by atoms with E-state index in [-0.39, 0.29) is 5.92 Å². The van der Waals surface area contributed by atoms with Gasteiger partial charge in [0, 0.05) is 6.54 Å². The molecule has 0 bridgehead atoms. The average Bonchev–Trinajstić information content (AvgIpc) is 2.40. The maximum absolute atomic E-state index is 10.4. The van der Waals surface area contributed by atoms with Crippen LogP contribution in [0.2, 0.25) is 0 Å². The van der Waals surface area contributed by atoms with Crippen LogP contribution in [0, 0.1) is 5.92 Å². The lowest BCUT2D eigenvalue weighted by atomic mass is 9.82. The third kappa shape index (κ3) is 2.69. The van der Waals surface area contributed by atoms with Gasteiger partial charge in [-0.1, -0.05) is 13.8 Å². The van der Waals surface area contributed by atoms with Crippen molar-refractivity contribution in [1.82, 2.24) is 4.90 Å². The summed E-state index contributed by atoms with van der Waals surface area (Å²) in [6.45, 7) is 8.04. The Hall–Kier alpha value is -0.120. The third-order valence-corrected chi connectivity index (χ3v) is 3.66. The minimum absolute atomic E-state index is 0.222. The van der Waals surface area contributed by atoms with Gasteiger partial charge in [0.05, 0.1) is 5.60 Å². The van der Waals surface area contributed by atoms with Crippen molar-refractivity contribution in [3.63, 3.8) is 0 Å². The van der Waals surface area contributed by atoms with Gasteiger partial charge < -0.3 is 15.7 Å². The van der Waals surface area contributed by atoms with Crippen molar-refractivity contribution in [3.8, 4) is 0 Å². The molecule has 3 heteroatoms. The van der Waals surface area contributed by atoms with E-state index in [4.69, 9.17) is 5.73 Å². The van der Waals surface area contributed by atoms with Crippen LogP contribution in [-0.4, -0.2) is 41.8 Å². The molecule has 2 unspecified atom stereocenters. The highest BCUT2D eigenvalue weighted by molar-refractivity contribution is 4.88. The molecule has 0 radical (unpaired) electrons. The number of likely N-dealkylation sites (tertiary alicyclic amines) is 1. The summed E-state index contributed by atoms with van der Waals surface area (Å²) >= 11 is 0. The highest BCUT2D eigenvalue weighted by Gasteiger charge is 2.34. The van der Waals surface area contributed by atoms with Gasteiger partial charge in [-0.05, 0) is 44.8 Å². The molecule has 0 aromatic heterocycles. The van der Waals surface area contributed by atoms with Gasteiger partial charge in [-0.25, -0.2) is 0 Å². The quantitative estimate of drug-likeness (QED) is 0.709. The second-order valence-corrected chi connectivity index (χ2v) is 4.53. The predicted octanol–water partition coefficient (Wildman–Crippen LogP) is 0.818.